The average molecular weight is 426 g/mol. The number of fused-ring (bicyclic) bond motifs is 1. The number of nitrogens with one attached hydrogen (secondary N) is 4. The SMILES string of the molecule is Cc1cc(Br)cc(C)c1N1C=C2C(=O)NC(NCCOCCO)NC2N1. The average Bonchev–Trinajstić information content (AvgIpc) is 2.98. The van der Waals surface area contributed by atoms with Crippen molar-refractivity contribution in [2.24, 2.45) is 0 Å². The molecule has 0 aliphatic carbocycles. The van der Waals surface area contributed by atoms with E-state index in [0.29, 0.717) is 25.3 Å². The van der Waals surface area contributed by atoms with Crippen molar-refractivity contribution >= 4 is 27.5 Å². The van der Waals surface area contributed by atoms with Gasteiger partial charge in [0.05, 0.1) is 31.1 Å². The highest BCUT2D eigenvalue weighted by molar-refractivity contribution is 9.10. The maximum atomic E-state index is 12.4. The Labute approximate surface area is 161 Å². The maximum absolute atomic E-state index is 12.4. The summed E-state index contributed by atoms with van der Waals surface area (Å²) >= 11 is 3.51. The van der Waals surface area contributed by atoms with Gasteiger partial charge in [0.15, 0.2) is 0 Å². The van der Waals surface area contributed by atoms with Crippen LogP contribution < -0.4 is 26.4 Å². The van der Waals surface area contributed by atoms with Crippen LogP contribution >= 0.6 is 15.9 Å². The first-order valence-corrected chi connectivity index (χ1v) is 9.31. The predicted molar refractivity (Wildman–Crippen MR) is 102 cm³/mol. The van der Waals surface area contributed by atoms with Gasteiger partial charge in [0.1, 0.15) is 12.5 Å². The summed E-state index contributed by atoms with van der Waals surface area (Å²) in [5.74, 6) is -0.120. The number of ether oxygens (including phenoxy) is 1. The number of nitrogens with zero attached hydrogens (tertiary/aromatic N) is 1. The Morgan fingerprint density at radius 2 is 2.04 bits per heavy atom. The molecule has 5 N–H and O–H groups in total. The van der Waals surface area contributed by atoms with E-state index in [0.717, 1.165) is 21.3 Å². The van der Waals surface area contributed by atoms with Crippen molar-refractivity contribution in [2.45, 2.75) is 26.3 Å². The van der Waals surface area contributed by atoms with Crippen molar-refractivity contribution in [1.29, 1.82) is 0 Å². The van der Waals surface area contributed by atoms with Crippen LogP contribution in [-0.4, -0.2) is 49.8 Å². The number of aliphatic hydroxyl groups excluding tert-OH is 1. The molecule has 1 fully saturated rings. The van der Waals surface area contributed by atoms with Crippen LogP contribution in [0.2, 0.25) is 0 Å². The minimum absolute atomic E-state index is 0.00326. The topological polar surface area (TPSA) is 97.9 Å². The van der Waals surface area contributed by atoms with Crippen LogP contribution in [0.4, 0.5) is 5.69 Å². The summed E-state index contributed by atoms with van der Waals surface area (Å²) in [6, 6.07) is 4.10. The van der Waals surface area contributed by atoms with E-state index in [1.54, 1.807) is 0 Å². The first-order valence-electron chi connectivity index (χ1n) is 8.52. The number of halogens is 1. The fourth-order valence-corrected chi connectivity index (χ4v) is 3.85. The van der Waals surface area contributed by atoms with E-state index in [2.05, 4.69) is 49.4 Å². The number of carbonyl (C=O) groups excluding carboxylic acids is 1. The molecule has 8 nitrogen and oxygen atoms in total. The van der Waals surface area contributed by atoms with Crippen molar-refractivity contribution in [1.82, 2.24) is 21.4 Å². The first kappa shape index (κ1) is 19.3. The number of anilines is 1. The second kappa shape index (κ2) is 8.47. The summed E-state index contributed by atoms with van der Waals surface area (Å²) in [5, 5.41) is 19.9. The minimum atomic E-state index is -0.359. The summed E-state index contributed by atoms with van der Waals surface area (Å²) < 4.78 is 6.24. The normalized spacial score (nSPS) is 22.2. The van der Waals surface area contributed by atoms with Gasteiger partial charge in [-0.15, -0.1) is 0 Å². The molecule has 9 heteroatoms. The Hall–Kier alpha value is -1.49. The molecule has 1 saturated heterocycles. The van der Waals surface area contributed by atoms with Crippen LogP contribution in [0.25, 0.3) is 0 Å². The van der Waals surface area contributed by atoms with E-state index in [4.69, 9.17) is 9.84 Å². The van der Waals surface area contributed by atoms with E-state index < -0.39 is 0 Å². The molecule has 0 radical (unpaired) electrons. The smallest absolute Gasteiger partial charge is 0.254 e. The lowest BCUT2D eigenvalue weighted by molar-refractivity contribution is -0.120. The number of rotatable bonds is 7. The molecule has 0 saturated carbocycles. The van der Waals surface area contributed by atoms with Crippen LogP contribution in [0.5, 0.6) is 0 Å². The molecule has 2 atom stereocenters. The number of hydrazine groups is 1. The molecule has 1 aromatic carbocycles. The number of hydrogen-bond donors (Lipinski definition) is 5. The Balaban J connectivity index is 1.64. The zero-order chi connectivity index (χ0) is 18.7. The Morgan fingerprint density at radius 1 is 1.31 bits per heavy atom. The highest BCUT2D eigenvalue weighted by atomic mass is 79.9. The molecular weight excluding hydrogens is 402 g/mol. The van der Waals surface area contributed by atoms with Crippen LogP contribution in [0.1, 0.15) is 11.1 Å². The Morgan fingerprint density at radius 3 is 2.73 bits per heavy atom. The largest absolute Gasteiger partial charge is 0.394 e. The summed E-state index contributed by atoms with van der Waals surface area (Å²) in [6.07, 6.45) is 1.19. The van der Waals surface area contributed by atoms with Crippen LogP contribution in [0.15, 0.2) is 28.4 Å². The second-order valence-corrected chi connectivity index (χ2v) is 7.18. The monoisotopic (exact) mass is 425 g/mol. The van der Waals surface area contributed by atoms with Crippen molar-refractivity contribution in [3.05, 3.63) is 39.5 Å². The molecule has 0 aromatic heterocycles. The standard InChI is InChI=1S/C17H24BrN5O3/c1-10-7-12(18)8-11(2)14(10)23-9-13-15(22-23)20-17(21-16(13)25)19-3-5-26-6-4-24/h7-9,15,17,19-20,22,24H,3-6H2,1-2H3,(H,21,25). The van der Waals surface area contributed by atoms with Gasteiger partial charge in [-0.3, -0.25) is 20.4 Å². The second-order valence-electron chi connectivity index (χ2n) is 6.27. The van der Waals surface area contributed by atoms with Crippen molar-refractivity contribution in [2.75, 3.05) is 31.4 Å². The fourth-order valence-electron chi connectivity index (χ4n) is 3.16. The molecule has 1 aromatic rings. The number of benzene rings is 1. The highest BCUT2D eigenvalue weighted by Crippen LogP contribution is 2.30. The quantitative estimate of drug-likeness (QED) is 0.398. The Kier molecular flexibility index (Phi) is 6.28. The molecule has 2 aliphatic rings. The van der Waals surface area contributed by atoms with E-state index >= 15 is 0 Å². The lowest BCUT2D eigenvalue weighted by Gasteiger charge is -2.32. The van der Waals surface area contributed by atoms with Gasteiger partial charge in [-0.2, -0.15) is 0 Å². The molecule has 3 rings (SSSR count). The predicted octanol–water partition coefficient (Wildman–Crippen LogP) is 0.202. The number of carbonyl (C=O) groups is 1. The van der Waals surface area contributed by atoms with Crippen molar-refractivity contribution < 1.29 is 14.6 Å². The molecular formula is C17H24BrN5O3. The van der Waals surface area contributed by atoms with E-state index in [9.17, 15) is 4.79 Å². The number of hydrogen-bond acceptors (Lipinski definition) is 7. The third kappa shape index (κ3) is 4.25. The minimum Gasteiger partial charge on any atom is -0.394 e. The molecule has 0 spiro atoms. The zero-order valence-electron chi connectivity index (χ0n) is 14.8. The molecule has 26 heavy (non-hydrogen) atoms. The van der Waals surface area contributed by atoms with Gasteiger partial charge in [-0.1, -0.05) is 15.9 Å². The molecule has 2 heterocycles. The number of aliphatic hydroxyl groups is 1. The van der Waals surface area contributed by atoms with Gasteiger partial charge in [-0.05, 0) is 37.1 Å². The summed E-state index contributed by atoms with van der Waals surface area (Å²) in [6.45, 7) is 5.41. The fraction of sp³-hybridized carbons (Fsp3) is 0.471. The Bertz CT molecular complexity index is 689. The van der Waals surface area contributed by atoms with Crippen LogP contribution in [0, 0.1) is 13.8 Å². The molecule has 2 unspecified atom stereocenters. The third-order valence-electron chi connectivity index (χ3n) is 4.25. The molecule has 1 amide bonds. The van der Waals surface area contributed by atoms with E-state index in [1.165, 1.54) is 0 Å². The van der Waals surface area contributed by atoms with E-state index in [-0.39, 0.29) is 25.0 Å². The van der Waals surface area contributed by atoms with Crippen LogP contribution in [-0.2, 0) is 9.53 Å². The number of aryl methyl sites for hydroxylation is 2. The van der Waals surface area contributed by atoms with Gasteiger partial charge in [-0.25, -0.2) is 5.43 Å². The van der Waals surface area contributed by atoms with Crippen molar-refractivity contribution in [3.8, 4) is 0 Å². The van der Waals surface area contributed by atoms with Gasteiger partial charge in [0.25, 0.3) is 5.91 Å². The van der Waals surface area contributed by atoms with E-state index in [1.807, 2.05) is 25.1 Å². The summed E-state index contributed by atoms with van der Waals surface area (Å²) in [4.78, 5) is 12.4. The summed E-state index contributed by atoms with van der Waals surface area (Å²) in [5.41, 5.74) is 7.22. The maximum Gasteiger partial charge on any atom is 0.254 e. The van der Waals surface area contributed by atoms with Crippen LogP contribution in [0.3, 0.4) is 0 Å². The first-order chi connectivity index (χ1) is 12.5. The highest BCUT2D eigenvalue weighted by Gasteiger charge is 2.36. The summed E-state index contributed by atoms with van der Waals surface area (Å²) in [7, 11) is 0. The number of amides is 1. The van der Waals surface area contributed by atoms with Crippen molar-refractivity contribution in [3.63, 3.8) is 0 Å². The van der Waals surface area contributed by atoms with Gasteiger partial charge in [0, 0.05) is 17.2 Å². The van der Waals surface area contributed by atoms with Gasteiger partial charge in [0.2, 0.25) is 0 Å². The lowest BCUT2D eigenvalue weighted by atomic mass is 10.1. The zero-order valence-corrected chi connectivity index (χ0v) is 16.4. The third-order valence-corrected chi connectivity index (χ3v) is 4.70. The molecule has 2 aliphatic heterocycles. The molecule has 142 valence electrons. The van der Waals surface area contributed by atoms with Gasteiger partial charge >= 0.3 is 0 Å². The molecule has 0 bridgehead atoms. The lowest BCUT2D eigenvalue weighted by Crippen LogP contribution is -2.66. The van der Waals surface area contributed by atoms with Gasteiger partial charge < -0.3 is 15.2 Å².